The summed E-state index contributed by atoms with van der Waals surface area (Å²) in [4.78, 5) is 18.6. The molecular weight excluding hydrogens is 298 g/mol. The molecule has 0 unspecified atom stereocenters. The molecule has 0 saturated heterocycles. The Kier molecular flexibility index (Phi) is 5.24. The highest BCUT2D eigenvalue weighted by molar-refractivity contribution is 7.98. The minimum Gasteiger partial charge on any atom is -0.361 e. The predicted octanol–water partition coefficient (Wildman–Crippen LogP) is 3.46. The number of pyridine rings is 1. The maximum Gasteiger partial charge on any atom is 0.256 e. The van der Waals surface area contributed by atoms with E-state index in [2.05, 4.69) is 10.1 Å². The fourth-order valence-corrected chi connectivity index (χ4v) is 3.08. The van der Waals surface area contributed by atoms with Crippen LogP contribution in [0.2, 0.25) is 0 Å². The van der Waals surface area contributed by atoms with Gasteiger partial charge in [0.05, 0.1) is 11.3 Å². The van der Waals surface area contributed by atoms with Crippen LogP contribution in [0, 0.1) is 13.8 Å². The van der Waals surface area contributed by atoms with E-state index in [4.69, 9.17) is 4.52 Å². The first-order chi connectivity index (χ1) is 10.4. The summed E-state index contributed by atoms with van der Waals surface area (Å²) in [6, 6.07) is 3.76. The molecular formula is C16H21N3O2S. The average molecular weight is 319 g/mol. The molecule has 0 atom stereocenters. The molecule has 1 amide bonds. The summed E-state index contributed by atoms with van der Waals surface area (Å²) in [7, 11) is 1.81. The highest BCUT2D eigenvalue weighted by Crippen LogP contribution is 2.27. The molecule has 0 aliphatic rings. The summed E-state index contributed by atoms with van der Waals surface area (Å²) >= 11 is 1.53. The lowest BCUT2D eigenvalue weighted by molar-refractivity contribution is 0.0750. The summed E-state index contributed by atoms with van der Waals surface area (Å²) in [6.45, 7) is 7.80. The molecule has 2 aromatic heterocycles. The van der Waals surface area contributed by atoms with Gasteiger partial charge >= 0.3 is 0 Å². The van der Waals surface area contributed by atoms with Crippen LogP contribution in [0.25, 0.3) is 0 Å². The summed E-state index contributed by atoms with van der Waals surface area (Å²) in [6.07, 6.45) is 1.71. The fourth-order valence-electron chi connectivity index (χ4n) is 1.94. The summed E-state index contributed by atoms with van der Waals surface area (Å²) in [5.41, 5.74) is 2.58. The Morgan fingerprint density at radius 3 is 2.73 bits per heavy atom. The maximum atomic E-state index is 12.5. The van der Waals surface area contributed by atoms with Crippen LogP contribution in [0.1, 0.15) is 41.2 Å². The van der Waals surface area contributed by atoms with E-state index in [0.717, 1.165) is 22.0 Å². The summed E-state index contributed by atoms with van der Waals surface area (Å²) in [5.74, 6) is 1.49. The SMILES string of the molecule is Cc1noc(C)c1CSc1ncccc1C(=O)N(C)C(C)C. The van der Waals surface area contributed by atoms with E-state index in [0.29, 0.717) is 11.3 Å². The lowest BCUT2D eigenvalue weighted by Gasteiger charge is -2.22. The second-order valence-corrected chi connectivity index (χ2v) is 6.42. The van der Waals surface area contributed by atoms with Crippen molar-refractivity contribution in [2.24, 2.45) is 0 Å². The molecule has 2 aromatic rings. The quantitative estimate of drug-likeness (QED) is 0.790. The highest BCUT2D eigenvalue weighted by atomic mass is 32.2. The lowest BCUT2D eigenvalue weighted by atomic mass is 10.2. The maximum absolute atomic E-state index is 12.5. The number of nitrogens with zero attached hydrogens (tertiary/aromatic N) is 3. The summed E-state index contributed by atoms with van der Waals surface area (Å²) < 4.78 is 5.17. The standard InChI is InChI=1S/C16H21N3O2S/c1-10(2)19(5)16(20)13-7-6-8-17-15(13)22-9-14-11(3)18-21-12(14)4/h6-8,10H,9H2,1-5H3. The van der Waals surface area contributed by atoms with Crippen LogP contribution in [0.15, 0.2) is 27.9 Å². The van der Waals surface area contributed by atoms with Crippen molar-refractivity contribution in [2.75, 3.05) is 7.05 Å². The number of aryl methyl sites for hydroxylation is 2. The van der Waals surface area contributed by atoms with Gasteiger partial charge in [-0.05, 0) is 39.8 Å². The van der Waals surface area contributed by atoms with E-state index in [1.54, 1.807) is 17.2 Å². The van der Waals surface area contributed by atoms with E-state index in [1.807, 2.05) is 40.8 Å². The average Bonchev–Trinajstić information content (AvgIpc) is 2.82. The van der Waals surface area contributed by atoms with Crippen molar-refractivity contribution in [3.63, 3.8) is 0 Å². The molecule has 0 bridgehead atoms. The van der Waals surface area contributed by atoms with Gasteiger partial charge in [-0.15, -0.1) is 11.8 Å². The molecule has 0 fully saturated rings. The van der Waals surface area contributed by atoms with Gasteiger partial charge in [0.25, 0.3) is 5.91 Å². The van der Waals surface area contributed by atoms with E-state index in [1.165, 1.54) is 11.8 Å². The molecule has 22 heavy (non-hydrogen) atoms. The molecule has 0 aromatic carbocycles. The molecule has 6 heteroatoms. The Morgan fingerprint density at radius 1 is 1.41 bits per heavy atom. The lowest BCUT2D eigenvalue weighted by Crippen LogP contribution is -2.33. The van der Waals surface area contributed by atoms with Gasteiger partial charge in [-0.2, -0.15) is 0 Å². The zero-order valence-electron chi connectivity index (χ0n) is 13.6. The number of hydrogen-bond acceptors (Lipinski definition) is 5. The Labute approximate surface area is 135 Å². The van der Waals surface area contributed by atoms with Gasteiger partial charge in [-0.3, -0.25) is 4.79 Å². The van der Waals surface area contributed by atoms with Crippen LogP contribution in [0.3, 0.4) is 0 Å². The molecule has 0 N–H and O–H groups in total. The third-order valence-electron chi connectivity index (χ3n) is 3.63. The molecule has 0 radical (unpaired) electrons. The minimum atomic E-state index is -0.00985. The van der Waals surface area contributed by atoms with Crippen molar-refractivity contribution < 1.29 is 9.32 Å². The number of amides is 1. The van der Waals surface area contributed by atoms with Gasteiger partial charge in [0.1, 0.15) is 10.8 Å². The first-order valence-corrected chi connectivity index (χ1v) is 8.17. The molecule has 0 aliphatic carbocycles. The van der Waals surface area contributed by atoms with Crippen molar-refractivity contribution in [1.82, 2.24) is 15.0 Å². The predicted molar refractivity (Wildman–Crippen MR) is 87.0 cm³/mol. The minimum absolute atomic E-state index is 0.00985. The fraction of sp³-hybridized carbons (Fsp3) is 0.438. The van der Waals surface area contributed by atoms with Crippen molar-refractivity contribution >= 4 is 17.7 Å². The molecule has 2 heterocycles. The molecule has 2 rings (SSSR count). The van der Waals surface area contributed by atoms with Crippen LogP contribution in [-0.2, 0) is 5.75 Å². The van der Waals surface area contributed by atoms with E-state index < -0.39 is 0 Å². The van der Waals surface area contributed by atoms with Crippen molar-refractivity contribution in [3.8, 4) is 0 Å². The molecule has 118 valence electrons. The first-order valence-electron chi connectivity index (χ1n) is 7.18. The van der Waals surface area contributed by atoms with Gasteiger partial charge in [0.2, 0.25) is 0 Å². The number of carbonyl (C=O) groups is 1. The van der Waals surface area contributed by atoms with E-state index in [-0.39, 0.29) is 11.9 Å². The van der Waals surface area contributed by atoms with Crippen molar-refractivity contribution in [2.45, 2.75) is 44.5 Å². The molecule has 0 spiro atoms. The van der Waals surface area contributed by atoms with Gasteiger partial charge in [0.15, 0.2) is 0 Å². The third-order valence-corrected chi connectivity index (χ3v) is 4.66. The zero-order chi connectivity index (χ0) is 16.3. The van der Waals surface area contributed by atoms with Crippen LogP contribution in [0.5, 0.6) is 0 Å². The van der Waals surface area contributed by atoms with Gasteiger partial charge < -0.3 is 9.42 Å². The second kappa shape index (κ2) is 6.96. The van der Waals surface area contributed by atoms with Crippen LogP contribution in [-0.4, -0.2) is 34.0 Å². The number of carbonyl (C=O) groups excluding carboxylic acids is 1. The second-order valence-electron chi connectivity index (χ2n) is 5.46. The molecule has 0 aliphatic heterocycles. The Hall–Kier alpha value is -1.82. The monoisotopic (exact) mass is 319 g/mol. The number of rotatable bonds is 5. The van der Waals surface area contributed by atoms with Gasteiger partial charge in [-0.1, -0.05) is 5.16 Å². The van der Waals surface area contributed by atoms with Gasteiger partial charge in [0, 0.05) is 30.6 Å². The van der Waals surface area contributed by atoms with E-state index >= 15 is 0 Å². The first kappa shape index (κ1) is 16.5. The normalized spacial score (nSPS) is 11.0. The summed E-state index contributed by atoms with van der Waals surface area (Å²) in [5, 5.41) is 4.69. The number of thioether (sulfide) groups is 1. The van der Waals surface area contributed by atoms with Crippen molar-refractivity contribution in [3.05, 3.63) is 40.9 Å². The molecule has 5 nitrogen and oxygen atoms in total. The Balaban J connectivity index is 2.20. The topological polar surface area (TPSA) is 59.2 Å². The number of aromatic nitrogens is 2. The largest absolute Gasteiger partial charge is 0.361 e. The number of hydrogen-bond donors (Lipinski definition) is 0. The van der Waals surface area contributed by atoms with Crippen LogP contribution < -0.4 is 0 Å². The highest BCUT2D eigenvalue weighted by Gasteiger charge is 2.19. The zero-order valence-corrected chi connectivity index (χ0v) is 14.4. The van der Waals surface area contributed by atoms with Crippen LogP contribution >= 0.6 is 11.8 Å². The van der Waals surface area contributed by atoms with E-state index in [9.17, 15) is 4.79 Å². The Morgan fingerprint density at radius 2 is 2.14 bits per heavy atom. The molecule has 0 saturated carbocycles. The van der Waals surface area contributed by atoms with Crippen molar-refractivity contribution in [1.29, 1.82) is 0 Å². The smallest absolute Gasteiger partial charge is 0.256 e. The van der Waals surface area contributed by atoms with Crippen LogP contribution in [0.4, 0.5) is 0 Å². The Bertz CT molecular complexity index is 648. The third kappa shape index (κ3) is 3.50. The van der Waals surface area contributed by atoms with Gasteiger partial charge in [-0.25, -0.2) is 4.98 Å².